The Morgan fingerprint density at radius 1 is 1.19 bits per heavy atom. The summed E-state index contributed by atoms with van der Waals surface area (Å²) in [5.74, 6) is 0.851. The topological polar surface area (TPSA) is 87.8 Å². The van der Waals surface area contributed by atoms with Crippen LogP contribution in [0.15, 0.2) is 4.79 Å². The summed E-state index contributed by atoms with van der Waals surface area (Å²) < 4.78 is 10.8. The van der Waals surface area contributed by atoms with E-state index in [9.17, 15) is 9.59 Å². The summed E-state index contributed by atoms with van der Waals surface area (Å²) >= 11 is 0. The molecule has 4 rings (SSSR count). The SMILES string of the molecule is COC1CCC(C(=O)N2CCc3nc(N4CCOCC4)[nH]c(=O)c3C2)CC1. The van der Waals surface area contributed by atoms with Crippen molar-refractivity contribution in [3.63, 3.8) is 0 Å². The fourth-order valence-electron chi connectivity index (χ4n) is 4.33. The van der Waals surface area contributed by atoms with E-state index >= 15 is 0 Å². The standard InChI is InChI=1S/C19H28N4O4/c1-26-14-4-2-13(3-5-14)18(25)23-7-6-16-15(12-23)17(24)21-19(20-16)22-8-10-27-11-9-22/h13-14H,2-12H2,1H3,(H,20,21,24). The van der Waals surface area contributed by atoms with E-state index in [4.69, 9.17) is 9.47 Å². The Bertz CT molecular complexity index is 736. The molecule has 1 saturated carbocycles. The lowest BCUT2D eigenvalue weighted by Gasteiger charge is -2.34. The van der Waals surface area contributed by atoms with E-state index in [0.29, 0.717) is 44.2 Å². The Labute approximate surface area is 158 Å². The highest BCUT2D eigenvalue weighted by atomic mass is 16.5. The first-order valence-corrected chi connectivity index (χ1v) is 9.92. The smallest absolute Gasteiger partial charge is 0.257 e. The van der Waals surface area contributed by atoms with Crippen molar-refractivity contribution in [2.75, 3.05) is 44.9 Å². The van der Waals surface area contributed by atoms with E-state index in [1.807, 2.05) is 4.90 Å². The number of aromatic amines is 1. The molecule has 0 atom stereocenters. The third kappa shape index (κ3) is 3.87. The summed E-state index contributed by atoms with van der Waals surface area (Å²) in [4.78, 5) is 37.0. The van der Waals surface area contributed by atoms with Gasteiger partial charge in [0.25, 0.3) is 5.56 Å². The Balaban J connectivity index is 1.45. The molecule has 2 fully saturated rings. The lowest BCUT2D eigenvalue weighted by molar-refractivity contribution is -0.138. The van der Waals surface area contributed by atoms with Crippen molar-refractivity contribution in [1.82, 2.24) is 14.9 Å². The van der Waals surface area contributed by atoms with Gasteiger partial charge in [0.15, 0.2) is 0 Å². The van der Waals surface area contributed by atoms with Gasteiger partial charge in [0, 0.05) is 39.1 Å². The molecule has 1 aromatic heterocycles. The van der Waals surface area contributed by atoms with E-state index in [2.05, 4.69) is 14.9 Å². The normalized spacial score (nSPS) is 26.0. The van der Waals surface area contributed by atoms with Crippen LogP contribution >= 0.6 is 0 Å². The molecule has 1 N–H and O–H groups in total. The summed E-state index contributed by atoms with van der Waals surface area (Å²) in [6.45, 7) is 3.76. The van der Waals surface area contributed by atoms with Gasteiger partial charge in [0.05, 0.1) is 37.1 Å². The average molecular weight is 376 g/mol. The average Bonchev–Trinajstić information content (AvgIpc) is 2.73. The Morgan fingerprint density at radius 2 is 1.93 bits per heavy atom. The third-order valence-corrected chi connectivity index (χ3v) is 6.04. The van der Waals surface area contributed by atoms with Gasteiger partial charge in [-0.15, -0.1) is 0 Å². The number of aromatic nitrogens is 2. The predicted molar refractivity (Wildman–Crippen MR) is 99.8 cm³/mol. The minimum absolute atomic E-state index is 0.0533. The first kappa shape index (κ1) is 18.4. The fraction of sp³-hybridized carbons (Fsp3) is 0.737. The number of nitrogens with zero attached hydrogens (tertiary/aromatic N) is 3. The zero-order chi connectivity index (χ0) is 18.8. The van der Waals surface area contributed by atoms with Gasteiger partial charge in [0.2, 0.25) is 11.9 Å². The molecule has 1 amide bonds. The number of anilines is 1. The largest absolute Gasteiger partial charge is 0.381 e. The number of amides is 1. The maximum atomic E-state index is 12.9. The summed E-state index contributed by atoms with van der Waals surface area (Å²) in [5, 5.41) is 0. The van der Waals surface area contributed by atoms with E-state index in [1.54, 1.807) is 7.11 Å². The highest BCUT2D eigenvalue weighted by Crippen LogP contribution is 2.29. The molecule has 0 unspecified atom stereocenters. The number of H-pyrrole nitrogens is 1. The number of hydrogen-bond acceptors (Lipinski definition) is 6. The van der Waals surface area contributed by atoms with Crippen molar-refractivity contribution in [3.8, 4) is 0 Å². The van der Waals surface area contributed by atoms with Gasteiger partial charge in [-0.3, -0.25) is 14.6 Å². The Kier molecular flexibility index (Phi) is 5.45. The fourth-order valence-corrected chi connectivity index (χ4v) is 4.33. The molecule has 0 radical (unpaired) electrons. The van der Waals surface area contributed by atoms with Gasteiger partial charge in [-0.05, 0) is 25.7 Å². The van der Waals surface area contributed by atoms with Crippen LogP contribution in [-0.4, -0.2) is 66.8 Å². The molecule has 1 aromatic rings. The van der Waals surface area contributed by atoms with Crippen LogP contribution in [-0.2, 0) is 27.2 Å². The van der Waals surface area contributed by atoms with Crippen LogP contribution in [0.5, 0.6) is 0 Å². The van der Waals surface area contributed by atoms with Gasteiger partial charge in [-0.25, -0.2) is 4.98 Å². The van der Waals surface area contributed by atoms with E-state index in [0.717, 1.165) is 44.5 Å². The van der Waals surface area contributed by atoms with Crippen LogP contribution in [0.2, 0.25) is 0 Å². The number of ether oxygens (including phenoxy) is 2. The molecule has 0 bridgehead atoms. The number of methoxy groups -OCH3 is 1. The van der Waals surface area contributed by atoms with Gasteiger partial charge in [0.1, 0.15) is 0 Å². The van der Waals surface area contributed by atoms with Crippen molar-refractivity contribution in [3.05, 3.63) is 21.6 Å². The molecule has 1 saturated heterocycles. The number of morpholine rings is 1. The van der Waals surface area contributed by atoms with E-state index in [-0.39, 0.29) is 23.5 Å². The number of fused-ring (bicyclic) bond motifs is 1. The Hall–Kier alpha value is -1.93. The predicted octanol–water partition coefficient (Wildman–Crippen LogP) is 0.696. The molecule has 27 heavy (non-hydrogen) atoms. The number of nitrogens with one attached hydrogen (secondary N) is 1. The number of carbonyl (C=O) groups is 1. The lowest BCUT2D eigenvalue weighted by atomic mass is 9.86. The first-order chi connectivity index (χ1) is 13.2. The second-order valence-electron chi connectivity index (χ2n) is 7.63. The van der Waals surface area contributed by atoms with Crippen LogP contribution in [0, 0.1) is 5.92 Å². The van der Waals surface area contributed by atoms with Crippen LogP contribution in [0.1, 0.15) is 36.9 Å². The van der Waals surface area contributed by atoms with Crippen molar-refractivity contribution >= 4 is 11.9 Å². The zero-order valence-electron chi connectivity index (χ0n) is 15.9. The van der Waals surface area contributed by atoms with Crippen LogP contribution in [0.3, 0.4) is 0 Å². The van der Waals surface area contributed by atoms with Gasteiger partial charge in [-0.2, -0.15) is 0 Å². The van der Waals surface area contributed by atoms with E-state index < -0.39 is 0 Å². The quantitative estimate of drug-likeness (QED) is 0.835. The van der Waals surface area contributed by atoms with Gasteiger partial charge >= 0.3 is 0 Å². The summed E-state index contributed by atoms with van der Waals surface area (Å²) in [6.07, 6.45) is 4.51. The number of carbonyl (C=O) groups excluding carboxylic acids is 1. The minimum atomic E-state index is -0.123. The number of hydrogen-bond donors (Lipinski definition) is 1. The first-order valence-electron chi connectivity index (χ1n) is 9.92. The molecule has 1 aliphatic carbocycles. The third-order valence-electron chi connectivity index (χ3n) is 6.04. The second-order valence-corrected chi connectivity index (χ2v) is 7.63. The van der Waals surface area contributed by atoms with Crippen LogP contribution in [0.25, 0.3) is 0 Å². The van der Waals surface area contributed by atoms with Crippen molar-refractivity contribution < 1.29 is 14.3 Å². The maximum absolute atomic E-state index is 12.9. The number of rotatable bonds is 3. The zero-order valence-corrected chi connectivity index (χ0v) is 15.9. The molecule has 8 nitrogen and oxygen atoms in total. The molecule has 3 heterocycles. The molecular weight excluding hydrogens is 348 g/mol. The molecular formula is C19H28N4O4. The molecule has 148 valence electrons. The van der Waals surface area contributed by atoms with Crippen LogP contribution in [0.4, 0.5) is 5.95 Å². The highest BCUT2D eigenvalue weighted by molar-refractivity contribution is 5.79. The molecule has 0 aromatic carbocycles. The van der Waals surface area contributed by atoms with Crippen molar-refractivity contribution in [1.29, 1.82) is 0 Å². The summed E-state index contributed by atoms with van der Waals surface area (Å²) in [6, 6.07) is 0. The minimum Gasteiger partial charge on any atom is -0.381 e. The maximum Gasteiger partial charge on any atom is 0.257 e. The molecule has 0 spiro atoms. The monoisotopic (exact) mass is 376 g/mol. The summed E-state index contributed by atoms with van der Waals surface area (Å²) in [5.41, 5.74) is 1.34. The highest BCUT2D eigenvalue weighted by Gasteiger charge is 2.32. The second kappa shape index (κ2) is 7.98. The van der Waals surface area contributed by atoms with Gasteiger partial charge in [-0.1, -0.05) is 0 Å². The molecule has 2 aliphatic heterocycles. The molecule has 8 heteroatoms. The lowest BCUT2D eigenvalue weighted by Crippen LogP contribution is -2.44. The van der Waals surface area contributed by atoms with Crippen molar-refractivity contribution in [2.24, 2.45) is 5.92 Å². The van der Waals surface area contributed by atoms with E-state index in [1.165, 1.54) is 0 Å². The van der Waals surface area contributed by atoms with Gasteiger partial charge < -0.3 is 19.3 Å². The Morgan fingerprint density at radius 3 is 2.63 bits per heavy atom. The van der Waals surface area contributed by atoms with Crippen LogP contribution < -0.4 is 10.5 Å². The van der Waals surface area contributed by atoms with Crippen molar-refractivity contribution in [2.45, 2.75) is 44.8 Å². The summed E-state index contributed by atoms with van der Waals surface area (Å²) in [7, 11) is 1.73. The molecule has 3 aliphatic rings.